The van der Waals surface area contributed by atoms with Gasteiger partial charge in [-0.3, -0.25) is 19.3 Å². The number of nitrogens with zero attached hydrogens (tertiary/aromatic N) is 1. The Morgan fingerprint density at radius 1 is 0.940 bits per heavy atom. The van der Waals surface area contributed by atoms with E-state index in [9.17, 15) is 71.1 Å². The number of likely N-dealkylation sites (N-methyl/N-ethyl adjacent to an activating group) is 1. The number of aromatic hydroxyl groups is 1. The molecule has 0 aromatic heterocycles. The number of rotatable bonds is 4. The fourth-order valence-corrected chi connectivity index (χ4v) is 7.03. The highest BCUT2D eigenvalue weighted by molar-refractivity contribution is 6.24. The Kier molecular flexibility index (Phi) is 8.48. The standard InChI is InChI=1S/C31H28F6N4O9/c1-9-13-4-5-14(40-28(49)39-12-7-10(30(32,33)34)6-11(8-12)31(35,36)37)21(42)16(13)22(43)17-15(9)23(44)19-20(41(2)3)24(45)18(27(38)48)26(47)29(19,50)25(17)46/h4-9,15,19-20,23,42-44,47,50H,1-3H3,(H2,38,48)(H2,39,40,49). The minimum Gasteiger partial charge on any atom is -0.508 e. The van der Waals surface area contributed by atoms with Crippen LogP contribution in [0, 0.1) is 11.8 Å². The Hall–Kier alpha value is -5.14. The van der Waals surface area contributed by atoms with Crippen molar-refractivity contribution in [3.63, 3.8) is 0 Å². The summed E-state index contributed by atoms with van der Waals surface area (Å²) in [5.41, 5.74) is -5.14. The summed E-state index contributed by atoms with van der Waals surface area (Å²) in [4.78, 5) is 53.4. The number of carbonyl (C=O) groups excluding carboxylic acids is 4. The number of aliphatic hydroxyl groups excluding tert-OH is 3. The molecule has 0 bridgehead atoms. The number of Topliss-reactive ketones (excluding diaryl/α,β-unsaturated/α-hetero) is 2. The summed E-state index contributed by atoms with van der Waals surface area (Å²) >= 11 is 0. The first-order valence-electron chi connectivity index (χ1n) is 14.5. The third-order valence-electron chi connectivity index (χ3n) is 9.22. The number of anilines is 2. The van der Waals surface area contributed by atoms with E-state index in [4.69, 9.17) is 5.73 Å². The molecule has 3 aliphatic carbocycles. The van der Waals surface area contributed by atoms with Crippen LogP contribution in [0.4, 0.5) is 42.5 Å². The molecule has 1 saturated carbocycles. The van der Waals surface area contributed by atoms with Crippen LogP contribution in [-0.2, 0) is 26.7 Å². The summed E-state index contributed by atoms with van der Waals surface area (Å²) < 4.78 is 79.6. The fourth-order valence-electron chi connectivity index (χ4n) is 7.03. The average Bonchev–Trinajstić information content (AvgIpc) is 2.98. The molecule has 6 atom stereocenters. The average molecular weight is 715 g/mol. The van der Waals surface area contributed by atoms with E-state index in [0.717, 1.165) is 6.07 Å². The van der Waals surface area contributed by atoms with Crippen molar-refractivity contribution in [2.75, 3.05) is 24.7 Å². The lowest BCUT2D eigenvalue weighted by molar-refractivity contribution is -0.169. The van der Waals surface area contributed by atoms with Crippen LogP contribution >= 0.6 is 0 Å². The van der Waals surface area contributed by atoms with E-state index >= 15 is 0 Å². The number of phenols is 1. The number of halogens is 6. The zero-order chi connectivity index (χ0) is 37.6. The topological polar surface area (TPSA) is 223 Å². The summed E-state index contributed by atoms with van der Waals surface area (Å²) in [5.74, 6) is -11.7. The van der Waals surface area contributed by atoms with E-state index in [-0.39, 0.29) is 23.8 Å². The Labute approximate surface area is 277 Å². The van der Waals surface area contributed by atoms with Gasteiger partial charge >= 0.3 is 18.4 Å². The number of hydrogen-bond donors (Lipinski definition) is 8. The van der Waals surface area contributed by atoms with E-state index in [2.05, 4.69) is 0 Å². The van der Waals surface area contributed by atoms with Crippen molar-refractivity contribution in [3.8, 4) is 5.75 Å². The second-order valence-corrected chi connectivity index (χ2v) is 12.3. The number of hydrogen-bond acceptors (Lipinski definition) is 10. The molecule has 9 N–H and O–H groups in total. The highest BCUT2D eigenvalue weighted by Crippen LogP contribution is 2.56. The molecular formula is C31H28F6N4O9. The molecule has 0 aliphatic heterocycles. The van der Waals surface area contributed by atoms with Crippen LogP contribution in [0.1, 0.15) is 35.1 Å². The number of primary amides is 1. The smallest absolute Gasteiger partial charge is 0.416 e. The van der Waals surface area contributed by atoms with Crippen LogP contribution in [0.15, 0.2) is 47.2 Å². The van der Waals surface area contributed by atoms with Crippen LogP contribution in [0.2, 0.25) is 0 Å². The van der Waals surface area contributed by atoms with Gasteiger partial charge in [0.05, 0.1) is 40.4 Å². The van der Waals surface area contributed by atoms with Crippen molar-refractivity contribution in [2.24, 2.45) is 17.6 Å². The van der Waals surface area contributed by atoms with Gasteiger partial charge in [0.2, 0.25) is 5.78 Å². The number of alkyl halides is 6. The molecule has 2 aromatic carbocycles. The number of urea groups is 1. The highest BCUT2D eigenvalue weighted by atomic mass is 19.4. The van der Waals surface area contributed by atoms with Gasteiger partial charge in [0.1, 0.15) is 22.8 Å². The zero-order valence-corrected chi connectivity index (χ0v) is 25.9. The molecule has 0 spiro atoms. The van der Waals surface area contributed by atoms with Gasteiger partial charge < -0.3 is 41.9 Å². The normalized spacial score (nSPS) is 26.8. The van der Waals surface area contributed by atoms with Gasteiger partial charge in [-0.05, 0) is 49.8 Å². The fraction of sp³-hybridized carbons (Fsp3) is 0.355. The molecule has 50 heavy (non-hydrogen) atoms. The molecule has 3 aliphatic rings. The van der Waals surface area contributed by atoms with Gasteiger partial charge in [-0.1, -0.05) is 13.0 Å². The van der Waals surface area contributed by atoms with Gasteiger partial charge in [-0.2, -0.15) is 26.3 Å². The molecule has 268 valence electrons. The lowest BCUT2D eigenvalue weighted by atomic mass is 9.54. The number of benzene rings is 2. The van der Waals surface area contributed by atoms with Crippen LogP contribution in [0.5, 0.6) is 5.75 Å². The summed E-state index contributed by atoms with van der Waals surface area (Å²) in [7, 11) is 2.68. The van der Waals surface area contributed by atoms with E-state index in [1.54, 1.807) is 0 Å². The van der Waals surface area contributed by atoms with Crippen LogP contribution in [-0.4, -0.2) is 85.8 Å². The van der Waals surface area contributed by atoms with E-state index in [1.807, 2.05) is 10.6 Å². The lowest BCUT2D eigenvalue weighted by Crippen LogP contribution is -2.70. The van der Waals surface area contributed by atoms with E-state index < -0.39 is 128 Å². The molecule has 5 rings (SSSR count). The molecule has 3 amide bonds. The number of amides is 3. The summed E-state index contributed by atoms with van der Waals surface area (Å²) in [6.07, 6.45) is -12.3. The zero-order valence-electron chi connectivity index (χ0n) is 25.9. The molecule has 0 saturated heterocycles. The molecule has 2 aromatic rings. The first-order chi connectivity index (χ1) is 22.9. The predicted molar refractivity (Wildman–Crippen MR) is 159 cm³/mol. The first kappa shape index (κ1) is 36.1. The molecule has 1 fully saturated rings. The Morgan fingerprint density at radius 2 is 1.50 bits per heavy atom. The number of fused-ring (bicyclic) bond motifs is 3. The van der Waals surface area contributed by atoms with Crippen molar-refractivity contribution in [2.45, 2.75) is 42.9 Å². The predicted octanol–water partition coefficient (Wildman–Crippen LogP) is 3.18. The number of nitrogens with one attached hydrogen (secondary N) is 2. The van der Waals surface area contributed by atoms with Gasteiger partial charge in [-0.15, -0.1) is 0 Å². The van der Waals surface area contributed by atoms with E-state index in [0.29, 0.717) is 0 Å². The van der Waals surface area contributed by atoms with Gasteiger partial charge in [-0.25, -0.2) is 4.79 Å². The summed E-state index contributed by atoms with van der Waals surface area (Å²) in [6, 6.07) is -0.388. The minimum atomic E-state index is -5.21. The first-order valence-corrected chi connectivity index (χ1v) is 14.5. The number of carbonyl (C=O) groups is 4. The van der Waals surface area contributed by atoms with Gasteiger partial charge in [0.15, 0.2) is 11.4 Å². The maximum atomic E-state index is 14.1. The summed E-state index contributed by atoms with van der Waals surface area (Å²) in [5, 5.41) is 60.8. The second kappa shape index (κ2) is 11.7. The van der Waals surface area contributed by atoms with Crippen molar-refractivity contribution in [3.05, 3.63) is 69.5 Å². The van der Waals surface area contributed by atoms with Gasteiger partial charge in [0, 0.05) is 17.2 Å². The summed E-state index contributed by atoms with van der Waals surface area (Å²) in [6.45, 7) is 1.45. The third-order valence-corrected chi connectivity index (χ3v) is 9.22. The molecular weight excluding hydrogens is 686 g/mol. The molecule has 13 nitrogen and oxygen atoms in total. The maximum Gasteiger partial charge on any atom is 0.416 e. The van der Waals surface area contributed by atoms with Crippen LogP contribution in [0.25, 0.3) is 5.76 Å². The Balaban J connectivity index is 1.57. The minimum absolute atomic E-state index is 0.0609. The van der Waals surface area contributed by atoms with Gasteiger partial charge in [0.25, 0.3) is 5.91 Å². The molecule has 0 radical (unpaired) electrons. The lowest BCUT2D eigenvalue weighted by Gasteiger charge is -2.53. The van der Waals surface area contributed by atoms with E-state index in [1.165, 1.54) is 32.0 Å². The number of ketones is 2. The third kappa shape index (κ3) is 5.41. The molecule has 19 heteroatoms. The Morgan fingerprint density at radius 3 is 2.00 bits per heavy atom. The van der Waals surface area contributed by atoms with Crippen molar-refractivity contribution in [1.82, 2.24) is 4.90 Å². The van der Waals surface area contributed by atoms with Crippen LogP contribution in [0.3, 0.4) is 0 Å². The Bertz CT molecular complexity index is 1890. The number of aliphatic hydroxyl groups is 4. The second-order valence-electron chi connectivity index (χ2n) is 12.3. The molecule has 0 heterocycles. The van der Waals surface area contributed by atoms with Crippen molar-refractivity contribution >= 4 is 40.6 Å². The molecule has 6 unspecified atom stereocenters. The van der Waals surface area contributed by atoms with Crippen molar-refractivity contribution in [1.29, 1.82) is 0 Å². The number of nitrogens with two attached hydrogens (primary N) is 1. The highest BCUT2D eigenvalue weighted by Gasteiger charge is 2.68. The van der Waals surface area contributed by atoms with Crippen molar-refractivity contribution < 1.29 is 71.1 Å². The maximum absolute atomic E-state index is 14.1. The monoisotopic (exact) mass is 714 g/mol. The largest absolute Gasteiger partial charge is 0.508 e. The SMILES string of the molecule is CC1c2ccc(NC(=O)Nc3cc(C(F)(F)F)cc(C(F)(F)F)c3)c(O)c2C(O)=C2C(=O)C3(O)C(O)=C(C(N)=O)C(=O)C(N(C)C)C3C(O)C21. The van der Waals surface area contributed by atoms with Crippen LogP contribution < -0.4 is 16.4 Å². The number of phenolic OH excluding ortho intramolecular Hbond substituents is 1. The quantitative estimate of drug-likeness (QED) is 0.131.